The molecule has 1 aromatic rings. The number of hydrogen-bond acceptors (Lipinski definition) is 3. The zero-order valence-corrected chi connectivity index (χ0v) is 11.8. The van der Waals surface area contributed by atoms with Crippen LogP contribution in [0.4, 0.5) is 5.69 Å². The molecular formula is C15H23N3O. The van der Waals surface area contributed by atoms with Crippen molar-refractivity contribution in [2.75, 3.05) is 11.9 Å². The van der Waals surface area contributed by atoms with E-state index in [1.807, 2.05) is 19.1 Å². The summed E-state index contributed by atoms with van der Waals surface area (Å²) in [5.41, 5.74) is 1.44. The molecule has 1 aliphatic carbocycles. The van der Waals surface area contributed by atoms with Gasteiger partial charge in [0.2, 0.25) is 0 Å². The van der Waals surface area contributed by atoms with E-state index in [9.17, 15) is 4.79 Å². The number of carbonyl (C=O) groups excluding carboxylic acids is 1. The molecule has 0 unspecified atom stereocenters. The molecule has 19 heavy (non-hydrogen) atoms. The van der Waals surface area contributed by atoms with Gasteiger partial charge in [-0.3, -0.25) is 9.78 Å². The van der Waals surface area contributed by atoms with Gasteiger partial charge in [0.05, 0.1) is 0 Å². The fourth-order valence-corrected chi connectivity index (χ4v) is 2.53. The molecule has 104 valence electrons. The van der Waals surface area contributed by atoms with Crippen molar-refractivity contribution in [2.45, 2.75) is 45.6 Å². The molecular weight excluding hydrogens is 238 g/mol. The van der Waals surface area contributed by atoms with E-state index in [0.717, 1.165) is 31.0 Å². The molecule has 1 aliphatic rings. The maximum absolute atomic E-state index is 12.1. The Bertz CT molecular complexity index is 425. The summed E-state index contributed by atoms with van der Waals surface area (Å²) in [6.45, 7) is 5.15. The van der Waals surface area contributed by atoms with Crippen molar-refractivity contribution in [3.8, 4) is 0 Å². The highest BCUT2D eigenvalue weighted by Gasteiger charge is 2.20. The van der Waals surface area contributed by atoms with E-state index in [1.54, 1.807) is 6.20 Å². The summed E-state index contributed by atoms with van der Waals surface area (Å²) in [5, 5.41) is 6.29. The summed E-state index contributed by atoms with van der Waals surface area (Å²) in [6, 6.07) is 4.00. The molecule has 1 aromatic heterocycles. The molecule has 1 saturated carbocycles. The lowest BCUT2D eigenvalue weighted by atomic mass is 9.87. The van der Waals surface area contributed by atoms with Gasteiger partial charge in [0.15, 0.2) is 0 Å². The summed E-state index contributed by atoms with van der Waals surface area (Å²) < 4.78 is 0. The zero-order chi connectivity index (χ0) is 13.7. The third-order valence-electron chi connectivity index (χ3n) is 3.72. The minimum atomic E-state index is -0.0562. The largest absolute Gasteiger partial charge is 0.385 e. The van der Waals surface area contributed by atoms with Gasteiger partial charge < -0.3 is 10.6 Å². The van der Waals surface area contributed by atoms with Crippen molar-refractivity contribution in [1.29, 1.82) is 0 Å². The van der Waals surface area contributed by atoms with Gasteiger partial charge in [-0.15, -0.1) is 0 Å². The third kappa shape index (κ3) is 3.94. The van der Waals surface area contributed by atoms with E-state index in [4.69, 9.17) is 0 Å². The maximum Gasteiger partial charge on any atom is 0.270 e. The number of pyridine rings is 1. The number of anilines is 1. The zero-order valence-electron chi connectivity index (χ0n) is 11.8. The predicted octanol–water partition coefficient (Wildman–Crippen LogP) is 2.82. The van der Waals surface area contributed by atoms with Crippen LogP contribution in [0.15, 0.2) is 18.3 Å². The van der Waals surface area contributed by atoms with Gasteiger partial charge in [0.25, 0.3) is 5.91 Å². The summed E-state index contributed by atoms with van der Waals surface area (Å²) in [5.74, 6) is 0.739. The first kappa shape index (κ1) is 13.8. The Kier molecular flexibility index (Phi) is 4.77. The Morgan fingerprint density at radius 2 is 2.11 bits per heavy atom. The lowest BCUT2D eigenvalue weighted by Gasteiger charge is -2.26. The second kappa shape index (κ2) is 6.55. The molecule has 0 radical (unpaired) electrons. The van der Waals surface area contributed by atoms with Crippen LogP contribution >= 0.6 is 0 Å². The Balaban J connectivity index is 1.94. The highest BCUT2D eigenvalue weighted by molar-refractivity contribution is 5.93. The van der Waals surface area contributed by atoms with Crippen LogP contribution in [0.3, 0.4) is 0 Å². The Morgan fingerprint density at radius 3 is 2.79 bits per heavy atom. The molecule has 0 bridgehead atoms. The molecule has 1 amide bonds. The molecule has 0 aromatic carbocycles. The van der Waals surface area contributed by atoms with Crippen LogP contribution in [-0.2, 0) is 0 Å². The molecule has 0 spiro atoms. The molecule has 0 aliphatic heterocycles. The molecule has 4 heteroatoms. The standard InChI is InChI=1S/C15H23N3O/c1-3-16-13-8-9-17-14(10-13)15(19)18-12-6-4-11(2)5-7-12/h8-12H,3-7H2,1-2H3,(H,16,17)(H,18,19). The lowest BCUT2D eigenvalue weighted by molar-refractivity contribution is 0.0918. The number of nitrogens with zero attached hydrogens (tertiary/aromatic N) is 1. The average molecular weight is 261 g/mol. The predicted molar refractivity (Wildman–Crippen MR) is 77.3 cm³/mol. The van der Waals surface area contributed by atoms with Crippen molar-refractivity contribution >= 4 is 11.6 Å². The van der Waals surface area contributed by atoms with Crippen LogP contribution in [0.25, 0.3) is 0 Å². The minimum Gasteiger partial charge on any atom is -0.385 e. The van der Waals surface area contributed by atoms with Gasteiger partial charge in [-0.05, 0) is 50.7 Å². The monoisotopic (exact) mass is 261 g/mol. The minimum absolute atomic E-state index is 0.0562. The van der Waals surface area contributed by atoms with Crippen molar-refractivity contribution < 1.29 is 4.79 Å². The Labute approximate surface area is 115 Å². The van der Waals surface area contributed by atoms with Crippen molar-refractivity contribution in [3.05, 3.63) is 24.0 Å². The van der Waals surface area contributed by atoms with Crippen LogP contribution in [0.1, 0.15) is 50.0 Å². The Morgan fingerprint density at radius 1 is 1.37 bits per heavy atom. The fourth-order valence-electron chi connectivity index (χ4n) is 2.53. The SMILES string of the molecule is CCNc1ccnc(C(=O)NC2CCC(C)CC2)c1. The van der Waals surface area contributed by atoms with Crippen molar-refractivity contribution in [3.63, 3.8) is 0 Å². The Hall–Kier alpha value is -1.58. The quantitative estimate of drug-likeness (QED) is 0.876. The van der Waals surface area contributed by atoms with Gasteiger partial charge in [0, 0.05) is 24.5 Å². The summed E-state index contributed by atoms with van der Waals surface area (Å²) in [4.78, 5) is 16.3. The molecule has 2 N–H and O–H groups in total. The number of rotatable bonds is 4. The number of carbonyl (C=O) groups is 1. The van der Waals surface area contributed by atoms with Gasteiger partial charge in [-0.2, -0.15) is 0 Å². The van der Waals surface area contributed by atoms with E-state index >= 15 is 0 Å². The highest BCUT2D eigenvalue weighted by atomic mass is 16.1. The van der Waals surface area contributed by atoms with Gasteiger partial charge >= 0.3 is 0 Å². The van der Waals surface area contributed by atoms with Crippen molar-refractivity contribution in [1.82, 2.24) is 10.3 Å². The highest BCUT2D eigenvalue weighted by Crippen LogP contribution is 2.23. The molecule has 2 rings (SSSR count). The van der Waals surface area contributed by atoms with E-state index < -0.39 is 0 Å². The van der Waals surface area contributed by atoms with Crippen LogP contribution in [-0.4, -0.2) is 23.5 Å². The first-order chi connectivity index (χ1) is 9.19. The fraction of sp³-hybridized carbons (Fsp3) is 0.600. The molecule has 0 atom stereocenters. The van der Waals surface area contributed by atoms with E-state index in [-0.39, 0.29) is 5.91 Å². The van der Waals surface area contributed by atoms with Crippen LogP contribution in [0.2, 0.25) is 0 Å². The number of nitrogens with one attached hydrogen (secondary N) is 2. The summed E-state index contributed by atoms with van der Waals surface area (Å²) in [7, 11) is 0. The molecule has 4 nitrogen and oxygen atoms in total. The number of amides is 1. The van der Waals surface area contributed by atoms with E-state index in [1.165, 1.54) is 12.8 Å². The first-order valence-electron chi connectivity index (χ1n) is 7.19. The second-order valence-corrected chi connectivity index (χ2v) is 5.39. The maximum atomic E-state index is 12.1. The lowest BCUT2D eigenvalue weighted by Crippen LogP contribution is -2.37. The van der Waals surface area contributed by atoms with E-state index in [0.29, 0.717) is 11.7 Å². The van der Waals surface area contributed by atoms with Gasteiger partial charge in [-0.1, -0.05) is 6.92 Å². The summed E-state index contributed by atoms with van der Waals surface area (Å²) in [6.07, 6.45) is 6.25. The van der Waals surface area contributed by atoms with Gasteiger partial charge in [-0.25, -0.2) is 0 Å². The number of hydrogen-bond donors (Lipinski definition) is 2. The topological polar surface area (TPSA) is 54.0 Å². The average Bonchev–Trinajstić information content (AvgIpc) is 2.42. The van der Waals surface area contributed by atoms with E-state index in [2.05, 4.69) is 22.5 Å². The van der Waals surface area contributed by atoms with Gasteiger partial charge in [0.1, 0.15) is 5.69 Å². The summed E-state index contributed by atoms with van der Waals surface area (Å²) >= 11 is 0. The molecule has 0 saturated heterocycles. The van der Waals surface area contributed by atoms with Crippen LogP contribution in [0.5, 0.6) is 0 Å². The van der Waals surface area contributed by atoms with Crippen LogP contribution in [0, 0.1) is 5.92 Å². The molecule has 1 heterocycles. The molecule has 1 fully saturated rings. The first-order valence-corrected chi connectivity index (χ1v) is 7.19. The second-order valence-electron chi connectivity index (χ2n) is 5.39. The normalized spacial score (nSPS) is 22.8. The third-order valence-corrected chi connectivity index (χ3v) is 3.72. The number of aromatic nitrogens is 1. The smallest absolute Gasteiger partial charge is 0.270 e. The van der Waals surface area contributed by atoms with Crippen LogP contribution < -0.4 is 10.6 Å². The van der Waals surface area contributed by atoms with Crippen molar-refractivity contribution in [2.24, 2.45) is 5.92 Å².